The van der Waals surface area contributed by atoms with Gasteiger partial charge in [-0.05, 0) is 63.9 Å². The van der Waals surface area contributed by atoms with Gasteiger partial charge >= 0.3 is 0 Å². The van der Waals surface area contributed by atoms with E-state index < -0.39 is 0 Å². The zero-order chi connectivity index (χ0) is 15.3. The summed E-state index contributed by atoms with van der Waals surface area (Å²) < 4.78 is 0. The van der Waals surface area contributed by atoms with Gasteiger partial charge < -0.3 is 11.1 Å². The number of nitrogen functional groups attached to an aromatic ring is 1. The number of likely N-dealkylation sites (N-methyl/N-ethyl adjacent to an activating group) is 1. The van der Waals surface area contributed by atoms with Crippen molar-refractivity contribution >= 4 is 5.82 Å². The van der Waals surface area contributed by atoms with Crippen molar-refractivity contribution in [2.24, 2.45) is 0 Å². The number of hydrogen-bond acceptors (Lipinski definition) is 4. The Morgan fingerprint density at radius 3 is 2.67 bits per heavy atom. The molecular formula is C17H30N4. The molecule has 0 bridgehead atoms. The van der Waals surface area contributed by atoms with E-state index in [0.717, 1.165) is 24.9 Å². The molecule has 3 N–H and O–H groups in total. The minimum atomic E-state index is 0.175. The maximum atomic E-state index is 6.05. The van der Waals surface area contributed by atoms with Gasteiger partial charge in [0.25, 0.3) is 0 Å². The molecule has 118 valence electrons. The smallest absolute Gasteiger partial charge is 0.126 e. The Labute approximate surface area is 129 Å². The predicted molar refractivity (Wildman–Crippen MR) is 89.3 cm³/mol. The third-order valence-corrected chi connectivity index (χ3v) is 5.10. The number of nitrogens with zero attached hydrogens (tertiary/aromatic N) is 2. The van der Waals surface area contributed by atoms with Crippen molar-refractivity contribution in [3.63, 3.8) is 0 Å². The van der Waals surface area contributed by atoms with Crippen LogP contribution in [-0.2, 0) is 6.42 Å². The van der Waals surface area contributed by atoms with Crippen molar-refractivity contribution in [3.05, 3.63) is 23.9 Å². The van der Waals surface area contributed by atoms with Crippen LogP contribution in [0.1, 0.15) is 45.6 Å². The van der Waals surface area contributed by atoms with Crippen molar-refractivity contribution in [1.82, 2.24) is 15.2 Å². The third-order valence-electron chi connectivity index (χ3n) is 5.10. The lowest BCUT2D eigenvalue weighted by Gasteiger charge is -2.45. The monoisotopic (exact) mass is 290 g/mol. The summed E-state index contributed by atoms with van der Waals surface area (Å²) in [5, 5.41) is 3.70. The topological polar surface area (TPSA) is 54.2 Å². The molecule has 0 aliphatic carbocycles. The average molecular weight is 290 g/mol. The van der Waals surface area contributed by atoms with Crippen LogP contribution in [0, 0.1) is 0 Å². The van der Waals surface area contributed by atoms with Crippen molar-refractivity contribution in [2.45, 2.75) is 58.0 Å². The van der Waals surface area contributed by atoms with Gasteiger partial charge in [-0.15, -0.1) is 0 Å². The third kappa shape index (κ3) is 3.55. The molecule has 4 heteroatoms. The fraction of sp³-hybridized carbons (Fsp3) is 0.706. The summed E-state index contributed by atoms with van der Waals surface area (Å²) in [6, 6.07) is 4.48. The van der Waals surface area contributed by atoms with Crippen LogP contribution in [0.15, 0.2) is 18.3 Å². The van der Waals surface area contributed by atoms with Gasteiger partial charge in [0.05, 0.1) is 0 Å². The molecule has 0 saturated carbocycles. The first-order valence-corrected chi connectivity index (χ1v) is 8.29. The highest BCUT2D eigenvalue weighted by atomic mass is 15.2. The van der Waals surface area contributed by atoms with Crippen LogP contribution in [0.25, 0.3) is 0 Å². The second-order valence-corrected chi connectivity index (χ2v) is 6.27. The zero-order valence-corrected chi connectivity index (χ0v) is 13.7. The minimum Gasteiger partial charge on any atom is -0.383 e. The maximum absolute atomic E-state index is 6.05. The summed E-state index contributed by atoms with van der Waals surface area (Å²) in [4.78, 5) is 6.89. The van der Waals surface area contributed by atoms with E-state index in [2.05, 4.69) is 42.0 Å². The summed E-state index contributed by atoms with van der Waals surface area (Å²) in [5.41, 5.74) is 7.38. The fourth-order valence-electron chi connectivity index (χ4n) is 3.52. The Bertz CT molecular complexity index is 442. The van der Waals surface area contributed by atoms with E-state index in [1.54, 1.807) is 6.20 Å². The molecule has 2 rings (SSSR count). The number of nitrogens with one attached hydrogen (secondary N) is 1. The van der Waals surface area contributed by atoms with Crippen LogP contribution in [0.4, 0.5) is 5.82 Å². The number of likely N-dealkylation sites (tertiary alicyclic amines) is 1. The molecule has 1 aromatic rings. The second-order valence-electron chi connectivity index (χ2n) is 6.27. The Balaban J connectivity index is 2.21. The number of hydrogen-bond donors (Lipinski definition) is 2. The molecule has 0 aromatic carbocycles. The first kappa shape index (κ1) is 16.2. The lowest BCUT2D eigenvalue weighted by atomic mass is 9.83. The maximum Gasteiger partial charge on any atom is 0.126 e. The second kappa shape index (κ2) is 7.23. The van der Waals surface area contributed by atoms with Crippen molar-refractivity contribution < 1.29 is 0 Å². The van der Waals surface area contributed by atoms with E-state index in [4.69, 9.17) is 5.73 Å². The predicted octanol–water partition coefficient (Wildman–Crippen LogP) is 2.45. The van der Waals surface area contributed by atoms with Crippen LogP contribution < -0.4 is 11.1 Å². The first-order valence-electron chi connectivity index (χ1n) is 8.29. The van der Waals surface area contributed by atoms with Gasteiger partial charge in [0.1, 0.15) is 5.82 Å². The van der Waals surface area contributed by atoms with Gasteiger partial charge in [-0.1, -0.05) is 19.9 Å². The molecule has 2 atom stereocenters. The van der Waals surface area contributed by atoms with E-state index in [1.165, 1.54) is 25.9 Å². The van der Waals surface area contributed by atoms with E-state index >= 15 is 0 Å². The molecular weight excluding hydrogens is 260 g/mol. The van der Waals surface area contributed by atoms with Crippen LogP contribution in [0.3, 0.4) is 0 Å². The fourth-order valence-corrected chi connectivity index (χ4v) is 3.52. The lowest BCUT2D eigenvalue weighted by Crippen LogP contribution is -2.59. The van der Waals surface area contributed by atoms with Crippen LogP contribution in [-0.4, -0.2) is 41.1 Å². The Morgan fingerprint density at radius 1 is 1.38 bits per heavy atom. The summed E-state index contributed by atoms with van der Waals surface area (Å²) in [5.74, 6) is 0.667. The number of rotatable bonds is 7. The van der Waals surface area contributed by atoms with Gasteiger partial charge in [0.2, 0.25) is 0 Å². The Morgan fingerprint density at radius 2 is 2.10 bits per heavy atom. The highest BCUT2D eigenvalue weighted by molar-refractivity contribution is 5.39. The van der Waals surface area contributed by atoms with Crippen molar-refractivity contribution in [3.8, 4) is 0 Å². The molecule has 1 aromatic heterocycles. The number of aromatic nitrogens is 1. The molecule has 0 spiro atoms. The van der Waals surface area contributed by atoms with Crippen LogP contribution in [0.5, 0.6) is 0 Å². The van der Waals surface area contributed by atoms with Crippen LogP contribution >= 0.6 is 0 Å². The SMILES string of the molecule is CCNC(Cc1cccnc1N)C(C)(CC)N1CCCC1. The van der Waals surface area contributed by atoms with Gasteiger partial charge in [0, 0.05) is 17.8 Å². The lowest BCUT2D eigenvalue weighted by molar-refractivity contribution is 0.0847. The largest absolute Gasteiger partial charge is 0.383 e. The average Bonchev–Trinajstić information content (AvgIpc) is 3.03. The Hall–Kier alpha value is -1.13. The van der Waals surface area contributed by atoms with Crippen LogP contribution in [0.2, 0.25) is 0 Å². The first-order chi connectivity index (χ1) is 10.1. The zero-order valence-electron chi connectivity index (χ0n) is 13.7. The number of nitrogens with two attached hydrogens (primary N) is 1. The van der Waals surface area contributed by atoms with Crippen molar-refractivity contribution in [2.75, 3.05) is 25.4 Å². The van der Waals surface area contributed by atoms with Gasteiger partial charge in [-0.2, -0.15) is 0 Å². The molecule has 1 fully saturated rings. The molecule has 21 heavy (non-hydrogen) atoms. The highest BCUT2D eigenvalue weighted by Gasteiger charge is 2.39. The molecule has 1 aliphatic rings. The molecule has 1 aliphatic heterocycles. The van der Waals surface area contributed by atoms with Gasteiger partial charge in [-0.25, -0.2) is 4.98 Å². The van der Waals surface area contributed by atoms with E-state index in [1.807, 2.05) is 6.07 Å². The molecule has 4 nitrogen and oxygen atoms in total. The number of pyridine rings is 1. The molecule has 0 radical (unpaired) electrons. The standard InChI is InChI=1S/C17H30N4/c1-4-17(3,21-11-6-7-12-21)15(19-5-2)13-14-9-8-10-20-16(14)18/h8-10,15,19H,4-7,11-13H2,1-3H3,(H2,18,20). The van der Waals surface area contributed by atoms with Gasteiger partial charge in [-0.3, -0.25) is 4.90 Å². The quantitative estimate of drug-likeness (QED) is 0.810. The molecule has 0 amide bonds. The molecule has 2 heterocycles. The van der Waals surface area contributed by atoms with Crippen molar-refractivity contribution in [1.29, 1.82) is 0 Å². The van der Waals surface area contributed by atoms with E-state index in [9.17, 15) is 0 Å². The molecule has 2 unspecified atom stereocenters. The summed E-state index contributed by atoms with van der Waals surface area (Å²) >= 11 is 0. The normalized spacial score (nSPS) is 20.3. The number of anilines is 1. The molecule has 1 saturated heterocycles. The summed E-state index contributed by atoms with van der Waals surface area (Å²) in [6.45, 7) is 10.3. The minimum absolute atomic E-state index is 0.175. The summed E-state index contributed by atoms with van der Waals surface area (Å²) in [6.07, 6.45) is 6.49. The van der Waals surface area contributed by atoms with E-state index in [0.29, 0.717) is 11.9 Å². The highest BCUT2D eigenvalue weighted by Crippen LogP contribution is 2.30. The van der Waals surface area contributed by atoms with Gasteiger partial charge in [0.15, 0.2) is 0 Å². The van der Waals surface area contributed by atoms with E-state index in [-0.39, 0.29) is 5.54 Å². The summed E-state index contributed by atoms with van der Waals surface area (Å²) in [7, 11) is 0. The Kier molecular flexibility index (Phi) is 5.59.